The van der Waals surface area contributed by atoms with Gasteiger partial charge in [-0.2, -0.15) is 0 Å². The topological polar surface area (TPSA) is 75.6 Å². The van der Waals surface area contributed by atoms with Crippen LogP contribution in [0.4, 0.5) is 0 Å². The van der Waals surface area contributed by atoms with E-state index in [0.717, 1.165) is 30.6 Å². The normalized spacial score (nSPS) is 15.7. The van der Waals surface area contributed by atoms with Crippen molar-refractivity contribution in [3.8, 4) is 5.75 Å². The molecule has 0 radical (unpaired) electrons. The summed E-state index contributed by atoms with van der Waals surface area (Å²) >= 11 is 0. The number of rotatable bonds is 7. The molecule has 0 saturated carbocycles. The molecule has 1 heterocycles. The molecular weight excluding hydrogens is 278 g/mol. The highest BCUT2D eigenvalue weighted by Crippen LogP contribution is 2.27. The lowest BCUT2D eigenvalue weighted by atomic mass is 10.1. The molecule has 1 aromatic carbocycles. The molecule has 1 unspecified atom stereocenters. The quantitative estimate of drug-likeness (QED) is 0.744. The summed E-state index contributed by atoms with van der Waals surface area (Å²) in [4.78, 5) is 0.289. The van der Waals surface area contributed by atoms with Crippen LogP contribution in [0.15, 0.2) is 23.1 Å². The number of fused-ring (bicyclic) bond motifs is 1. The molecule has 0 saturated heterocycles. The van der Waals surface area contributed by atoms with E-state index in [1.54, 1.807) is 18.2 Å². The zero-order valence-corrected chi connectivity index (χ0v) is 12.4. The van der Waals surface area contributed by atoms with E-state index in [2.05, 4.69) is 4.72 Å². The van der Waals surface area contributed by atoms with E-state index >= 15 is 0 Å². The molecule has 2 rings (SSSR count). The molecule has 0 aliphatic carbocycles. The summed E-state index contributed by atoms with van der Waals surface area (Å²) in [6.07, 6.45) is 2.28. The second-order valence-electron chi connectivity index (χ2n) is 5.20. The third-order valence-corrected chi connectivity index (χ3v) is 4.91. The predicted molar refractivity (Wildman–Crippen MR) is 76.3 cm³/mol. The van der Waals surface area contributed by atoms with E-state index in [1.165, 1.54) is 0 Å². The highest BCUT2D eigenvalue weighted by Gasteiger charge is 2.18. The predicted octanol–water partition coefficient (Wildman–Crippen LogP) is 1.31. The average Bonchev–Trinajstić information content (AvgIpc) is 2.90. The molecule has 1 atom stereocenters. The molecule has 6 heteroatoms. The van der Waals surface area contributed by atoms with E-state index in [-0.39, 0.29) is 17.4 Å². The number of aliphatic hydroxyl groups excluding tert-OH is 1. The third kappa shape index (κ3) is 3.71. The van der Waals surface area contributed by atoms with Crippen molar-refractivity contribution in [2.45, 2.75) is 31.1 Å². The maximum absolute atomic E-state index is 12.1. The molecule has 5 nitrogen and oxygen atoms in total. The first-order valence-corrected chi connectivity index (χ1v) is 8.37. The first-order valence-electron chi connectivity index (χ1n) is 6.89. The van der Waals surface area contributed by atoms with Crippen LogP contribution < -0.4 is 9.46 Å². The Labute approximate surface area is 120 Å². The molecule has 0 fully saturated rings. The molecule has 1 aromatic rings. The Morgan fingerprint density at radius 1 is 1.45 bits per heavy atom. The second-order valence-corrected chi connectivity index (χ2v) is 6.96. The standard InChI is InChI=1S/C14H21NO4S/c1-11(10-16)3-2-7-15-20(17,18)13-4-5-14-12(9-13)6-8-19-14/h4-5,9,11,15-16H,2-3,6-8,10H2,1H3. The fraction of sp³-hybridized carbons (Fsp3) is 0.571. The summed E-state index contributed by atoms with van der Waals surface area (Å²) in [5.74, 6) is 0.984. The van der Waals surface area contributed by atoms with Gasteiger partial charge in [0.2, 0.25) is 10.0 Å². The number of nitrogens with one attached hydrogen (secondary N) is 1. The fourth-order valence-corrected chi connectivity index (χ4v) is 3.29. The number of hydrogen-bond acceptors (Lipinski definition) is 4. The van der Waals surface area contributed by atoms with Crippen molar-refractivity contribution in [2.24, 2.45) is 5.92 Å². The van der Waals surface area contributed by atoms with Gasteiger partial charge in [-0.3, -0.25) is 0 Å². The summed E-state index contributed by atoms with van der Waals surface area (Å²) < 4.78 is 32.3. The van der Waals surface area contributed by atoms with Gasteiger partial charge in [0.25, 0.3) is 0 Å². The Balaban J connectivity index is 1.93. The molecular formula is C14H21NO4S. The van der Waals surface area contributed by atoms with Gasteiger partial charge in [0.15, 0.2) is 0 Å². The smallest absolute Gasteiger partial charge is 0.240 e. The molecule has 1 aliphatic rings. The molecule has 1 aliphatic heterocycles. The van der Waals surface area contributed by atoms with Crippen LogP contribution in [0, 0.1) is 5.92 Å². The summed E-state index contributed by atoms with van der Waals surface area (Å²) in [6.45, 7) is 3.08. The van der Waals surface area contributed by atoms with Gasteiger partial charge in [0, 0.05) is 19.6 Å². The molecule has 0 aromatic heterocycles. The van der Waals surface area contributed by atoms with Crippen LogP contribution in [-0.2, 0) is 16.4 Å². The highest BCUT2D eigenvalue weighted by atomic mass is 32.2. The Kier molecular flexibility index (Phi) is 5.01. The zero-order chi connectivity index (χ0) is 14.6. The SMILES string of the molecule is CC(CO)CCCNS(=O)(=O)c1ccc2c(c1)CCO2. The lowest BCUT2D eigenvalue weighted by molar-refractivity contribution is 0.228. The van der Waals surface area contributed by atoms with E-state index in [0.29, 0.717) is 13.2 Å². The molecule has 112 valence electrons. The molecule has 0 bridgehead atoms. The minimum Gasteiger partial charge on any atom is -0.493 e. The van der Waals surface area contributed by atoms with Gasteiger partial charge in [-0.15, -0.1) is 0 Å². The van der Waals surface area contributed by atoms with Crippen molar-refractivity contribution >= 4 is 10.0 Å². The van der Waals surface area contributed by atoms with Crippen molar-refractivity contribution in [2.75, 3.05) is 19.8 Å². The van der Waals surface area contributed by atoms with Gasteiger partial charge < -0.3 is 9.84 Å². The van der Waals surface area contributed by atoms with E-state index in [1.807, 2.05) is 6.92 Å². The molecule has 0 spiro atoms. The maximum Gasteiger partial charge on any atom is 0.240 e. The van der Waals surface area contributed by atoms with Crippen LogP contribution in [0.1, 0.15) is 25.3 Å². The van der Waals surface area contributed by atoms with Crippen LogP contribution in [0.25, 0.3) is 0 Å². The minimum absolute atomic E-state index is 0.136. The van der Waals surface area contributed by atoms with Crippen LogP contribution in [0.5, 0.6) is 5.75 Å². The number of ether oxygens (including phenoxy) is 1. The van der Waals surface area contributed by atoms with Crippen molar-refractivity contribution in [1.29, 1.82) is 0 Å². The number of benzene rings is 1. The summed E-state index contributed by atoms with van der Waals surface area (Å²) in [5, 5.41) is 8.91. The minimum atomic E-state index is -3.45. The Morgan fingerprint density at radius 2 is 2.25 bits per heavy atom. The van der Waals surface area contributed by atoms with Crippen molar-refractivity contribution in [3.63, 3.8) is 0 Å². The zero-order valence-electron chi connectivity index (χ0n) is 11.6. The Hall–Kier alpha value is -1.11. The summed E-state index contributed by atoms with van der Waals surface area (Å²) in [5.41, 5.74) is 0.946. The second kappa shape index (κ2) is 6.56. The van der Waals surface area contributed by atoms with Crippen molar-refractivity contribution < 1.29 is 18.3 Å². The molecule has 20 heavy (non-hydrogen) atoms. The third-order valence-electron chi connectivity index (χ3n) is 3.45. The first-order chi connectivity index (χ1) is 9.53. The van der Waals surface area contributed by atoms with Gasteiger partial charge in [-0.25, -0.2) is 13.1 Å². The van der Waals surface area contributed by atoms with Crippen LogP contribution in [-0.4, -0.2) is 33.3 Å². The number of aliphatic hydroxyl groups is 1. The Morgan fingerprint density at radius 3 is 3.00 bits per heavy atom. The lowest BCUT2D eigenvalue weighted by Gasteiger charge is -2.10. The Bertz CT molecular complexity index is 556. The lowest BCUT2D eigenvalue weighted by Crippen LogP contribution is -2.25. The summed E-state index contributed by atoms with van der Waals surface area (Å²) in [7, 11) is -3.45. The van der Waals surface area contributed by atoms with Crippen LogP contribution in [0.2, 0.25) is 0 Å². The monoisotopic (exact) mass is 299 g/mol. The maximum atomic E-state index is 12.1. The van der Waals surface area contributed by atoms with Crippen molar-refractivity contribution in [3.05, 3.63) is 23.8 Å². The average molecular weight is 299 g/mol. The van der Waals surface area contributed by atoms with Gasteiger partial charge in [-0.1, -0.05) is 6.92 Å². The van der Waals surface area contributed by atoms with Gasteiger partial charge >= 0.3 is 0 Å². The number of hydrogen-bond donors (Lipinski definition) is 2. The number of sulfonamides is 1. The van der Waals surface area contributed by atoms with E-state index in [9.17, 15) is 8.42 Å². The van der Waals surface area contributed by atoms with E-state index in [4.69, 9.17) is 9.84 Å². The van der Waals surface area contributed by atoms with Gasteiger partial charge in [-0.05, 0) is 42.5 Å². The largest absolute Gasteiger partial charge is 0.493 e. The van der Waals surface area contributed by atoms with Crippen molar-refractivity contribution in [1.82, 2.24) is 4.72 Å². The van der Waals surface area contributed by atoms with Gasteiger partial charge in [0.1, 0.15) is 5.75 Å². The molecule has 2 N–H and O–H groups in total. The first kappa shape index (κ1) is 15.3. The van der Waals surface area contributed by atoms with E-state index < -0.39 is 10.0 Å². The molecule has 0 amide bonds. The fourth-order valence-electron chi connectivity index (χ4n) is 2.16. The van der Waals surface area contributed by atoms with Crippen LogP contribution >= 0.6 is 0 Å². The summed E-state index contributed by atoms with van der Waals surface area (Å²) in [6, 6.07) is 4.97. The van der Waals surface area contributed by atoms with Crippen LogP contribution in [0.3, 0.4) is 0 Å². The highest BCUT2D eigenvalue weighted by molar-refractivity contribution is 7.89. The van der Waals surface area contributed by atoms with Gasteiger partial charge in [0.05, 0.1) is 11.5 Å².